The third kappa shape index (κ3) is 4.22. The van der Waals surface area contributed by atoms with Gasteiger partial charge in [0.05, 0.1) is 0 Å². The summed E-state index contributed by atoms with van der Waals surface area (Å²) in [4.78, 5) is 2.34. The van der Waals surface area contributed by atoms with Crippen molar-refractivity contribution in [3.63, 3.8) is 0 Å². The number of anilines is 3. The van der Waals surface area contributed by atoms with Gasteiger partial charge in [-0.25, -0.2) is 0 Å². The molecule has 1 aromatic heterocycles. The van der Waals surface area contributed by atoms with Crippen LogP contribution in [0.5, 0.6) is 0 Å². The topological polar surface area (TPSA) is 16.4 Å². The number of furan rings is 1. The monoisotopic (exact) mass is 537 g/mol. The lowest BCUT2D eigenvalue weighted by Crippen LogP contribution is -2.10. The minimum atomic E-state index is 0.910. The zero-order valence-corrected chi connectivity index (χ0v) is 22.9. The van der Waals surface area contributed by atoms with Crippen molar-refractivity contribution >= 4 is 49.8 Å². The Bertz CT molecular complexity index is 2200. The number of rotatable bonds is 5. The van der Waals surface area contributed by atoms with E-state index in [1.807, 2.05) is 12.1 Å². The van der Waals surface area contributed by atoms with E-state index in [0.717, 1.165) is 50.1 Å². The van der Waals surface area contributed by atoms with Crippen LogP contribution < -0.4 is 4.90 Å². The van der Waals surface area contributed by atoms with Gasteiger partial charge < -0.3 is 9.32 Å². The Kier molecular flexibility index (Phi) is 5.82. The minimum absolute atomic E-state index is 0.910. The van der Waals surface area contributed by atoms with Crippen LogP contribution in [0.25, 0.3) is 55.0 Å². The Balaban J connectivity index is 1.26. The Morgan fingerprint density at radius 3 is 1.81 bits per heavy atom. The van der Waals surface area contributed by atoms with E-state index in [4.69, 9.17) is 4.42 Å². The zero-order chi connectivity index (χ0) is 27.9. The zero-order valence-electron chi connectivity index (χ0n) is 22.9. The molecular formula is C40H27NO. The third-order valence-electron chi connectivity index (χ3n) is 8.03. The lowest BCUT2D eigenvalue weighted by Gasteiger charge is -2.26. The molecule has 7 aromatic carbocycles. The van der Waals surface area contributed by atoms with Crippen molar-refractivity contribution in [1.29, 1.82) is 0 Å². The van der Waals surface area contributed by atoms with Crippen LogP contribution in [0.1, 0.15) is 0 Å². The number of nitrogens with zero attached hydrogens (tertiary/aromatic N) is 1. The summed E-state index contributed by atoms with van der Waals surface area (Å²) in [6.07, 6.45) is 0. The molecule has 0 saturated heterocycles. The highest BCUT2D eigenvalue weighted by Crippen LogP contribution is 2.40. The van der Waals surface area contributed by atoms with E-state index < -0.39 is 0 Å². The Morgan fingerprint density at radius 2 is 0.952 bits per heavy atom. The van der Waals surface area contributed by atoms with E-state index in [-0.39, 0.29) is 0 Å². The summed E-state index contributed by atoms with van der Waals surface area (Å²) in [6, 6.07) is 58.1. The van der Waals surface area contributed by atoms with Crippen LogP contribution in [-0.2, 0) is 0 Å². The van der Waals surface area contributed by atoms with Crippen molar-refractivity contribution in [3.8, 4) is 22.3 Å². The molecule has 0 amide bonds. The maximum absolute atomic E-state index is 6.09. The smallest absolute Gasteiger partial charge is 0.135 e. The molecule has 0 aliphatic carbocycles. The quantitative estimate of drug-likeness (QED) is 0.217. The fourth-order valence-corrected chi connectivity index (χ4v) is 6.04. The van der Waals surface area contributed by atoms with Gasteiger partial charge in [-0.05, 0) is 87.6 Å². The molecule has 0 aliphatic heterocycles. The summed E-state index contributed by atoms with van der Waals surface area (Å²) in [5.41, 5.74) is 9.90. The Labute approximate surface area is 244 Å². The standard InChI is InChI=1S/C40H27NO/c1-2-15-32(16-3-1)41(34-18-9-14-31(26-34)36-21-10-12-28-11-4-5-19-35(28)36)33-17-8-13-29(25-33)30-23-24-40-38(27-30)37-20-6-7-22-39(37)42-40/h1-27H. The predicted octanol–water partition coefficient (Wildman–Crippen LogP) is 11.5. The first-order valence-electron chi connectivity index (χ1n) is 14.3. The molecule has 42 heavy (non-hydrogen) atoms. The first-order chi connectivity index (χ1) is 20.8. The highest BCUT2D eigenvalue weighted by Gasteiger charge is 2.15. The van der Waals surface area contributed by atoms with Gasteiger partial charge in [0.1, 0.15) is 11.2 Å². The third-order valence-corrected chi connectivity index (χ3v) is 8.03. The molecule has 198 valence electrons. The van der Waals surface area contributed by atoms with E-state index >= 15 is 0 Å². The molecule has 0 N–H and O–H groups in total. The van der Waals surface area contributed by atoms with Crippen LogP contribution in [0.3, 0.4) is 0 Å². The van der Waals surface area contributed by atoms with Crippen molar-refractivity contribution in [3.05, 3.63) is 164 Å². The second kappa shape index (κ2) is 10.1. The molecule has 2 heteroatoms. The van der Waals surface area contributed by atoms with Crippen LogP contribution in [0.2, 0.25) is 0 Å². The average molecular weight is 538 g/mol. The molecule has 0 atom stereocenters. The largest absolute Gasteiger partial charge is 0.456 e. The van der Waals surface area contributed by atoms with Crippen LogP contribution in [-0.4, -0.2) is 0 Å². The van der Waals surface area contributed by atoms with Gasteiger partial charge in [-0.3, -0.25) is 0 Å². The number of benzene rings is 7. The summed E-state index contributed by atoms with van der Waals surface area (Å²) in [5, 5.41) is 4.78. The SMILES string of the molecule is c1ccc(N(c2cccc(-c3ccc4oc5ccccc5c4c3)c2)c2cccc(-c3cccc4ccccc34)c2)cc1. The molecular weight excluding hydrogens is 510 g/mol. The van der Waals surface area contributed by atoms with E-state index in [1.54, 1.807) is 0 Å². The van der Waals surface area contributed by atoms with Gasteiger partial charge in [0.15, 0.2) is 0 Å². The molecule has 0 bridgehead atoms. The molecule has 1 heterocycles. The second-order valence-corrected chi connectivity index (χ2v) is 10.6. The number of fused-ring (bicyclic) bond motifs is 4. The maximum Gasteiger partial charge on any atom is 0.135 e. The highest BCUT2D eigenvalue weighted by atomic mass is 16.3. The minimum Gasteiger partial charge on any atom is -0.456 e. The van der Waals surface area contributed by atoms with E-state index in [9.17, 15) is 0 Å². The van der Waals surface area contributed by atoms with E-state index in [2.05, 4.69) is 157 Å². The summed E-state index contributed by atoms with van der Waals surface area (Å²) in [5.74, 6) is 0. The van der Waals surface area contributed by atoms with Gasteiger partial charge in [0.2, 0.25) is 0 Å². The second-order valence-electron chi connectivity index (χ2n) is 10.6. The van der Waals surface area contributed by atoms with Gasteiger partial charge in [-0.15, -0.1) is 0 Å². The fraction of sp³-hybridized carbons (Fsp3) is 0. The van der Waals surface area contributed by atoms with Crippen molar-refractivity contribution in [1.82, 2.24) is 0 Å². The van der Waals surface area contributed by atoms with E-state index in [1.165, 1.54) is 21.9 Å². The van der Waals surface area contributed by atoms with Gasteiger partial charge in [0.25, 0.3) is 0 Å². The lowest BCUT2D eigenvalue weighted by atomic mass is 9.97. The number of hydrogen-bond acceptors (Lipinski definition) is 2. The molecule has 0 unspecified atom stereocenters. The summed E-state index contributed by atoms with van der Waals surface area (Å²) in [6.45, 7) is 0. The van der Waals surface area contributed by atoms with Crippen molar-refractivity contribution < 1.29 is 4.42 Å². The normalized spacial score (nSPS) is 11.3. The molecule has 0 saturated carbocycles. The van der Waals surface area contributed by atoms with Crippen LogP contribution >= 0.6 is 0 Å². The van der Waals surface area contributed by atoms with Crippen LogP contribution in [0, 0.1) is 0 Å². The first kappa shape index (κ1) is 24.2. The predicted molar refractivity (Wildman–Crippen MR) is 177 cm³/mol. The van der Waals surface area contributed by atoms with Gasteiger partial charge >= 0.3 is 0 Å². The number of hydrogen-bond donors (Lipinski definition) is 0. The van der Waals surface area contributed by atoms with Crippen LogP contribution in [0.4, 0.5) is 17.1 Å². The lowest BCUT2D eigenvalue weighted by molar-refractivity contribution is 0.669. The fourth-order valence-electron chi connectivity index (χ4n) is 6.04. The first-order valence-corrected chi connectivity index (χ1v) is 14.3. The van der Waals surface area contributed by atoms with E-state index in [0.29, 0.717) is 0 Å². The molecule has 8 rings (SSSR count). The molecule has 8 aromatic rings. The van der Waals surface area contributed by atoms with Crippen molar-refractivity contribution in [2.45, 2.75) is 0 Å². The van der Waals surface area contributed by atoms with Crippen molar-refractivity contribution in [2.75, 3.05) is 4.90 Å². The molecule has 0 fully saturated rings. The molecule has 0 spiro atoms. The van der Waals surface area contributed by atoms with Crippen LogP contribution in [0.15, 0.2) is 168 Å². The van der Waals surface area contributed by atoms with Gasteiger partial charge in [-0.1, -0.05) is 109 Å². The summed E-state index contributed by atoms with van der Waals surface area (Å²) >= 11 is 0. The maximum atomic E-state index is 6.09. The summed E-state index contributed by atoms with van der Waals surface area (Å²) in [7, 11) is 0. The summed E-state index contributed by atoms with van der Waals surface area (Å²) < 4.78 is 6.09. The Morgan fingerprint density at radius 1 is 0.357 bits per heavy atom. The highest BCUT2D eigenvalue weighted by molar-refractivity contribution is 6.06. The Hall–Kier alpha value is -5.60. The number of para-hydroxylation sites is 2. The molecule has 0 radical (unpaired) electrons. The van der Waals surface area contributed by atoms with Gasteiger partial charge in [0, 0.05) is 27.8 Å². The van der Waals surface area contributed by atoms with Crippen molar-refractivity contribution in [2.24, 2.45) is 0 Å². The molecule has 2 nitrogen and oxygen atoms in total. The van der Waals surface area contributed by atoms with Gasteiger partial charge in [-0.2, -0.15) is 0 Å². The average Bonchev–Trinajstić information content (AvgIpc) is 3.43. The molecule has 0 aliphatic rings.